The van der Waals surface area contributed by atoms with Crippen molar-refractivity contribution >= 4 is 26.0 Å². The van der Waals surface area contributed by atoms with Crippen LogP contribution in [0.3, 0.4) is 0 Å². The van der Waals surface area contributed by atoms with Crippen molar-refractivity contribution in [3.8, 4) is 11.5 Å². The van der Waals surface area contributed by atoms with Gasteiger partial charge in [-0.2, -0.15) is 0 Å². The van der Waals surface area contributed by atoms with Gasteiger partial charge in [-0.05, 0) is 50.2 Å². The molecule has 1 fully saturated rings. The molecule has 3 rings (SSSR count). The lowest BCUT2D eigenvalue weighted by Gasteiger charge is -2.29. The van der Waals surface area contributed by atoms with E-state index in [1.807, 2.05) is 24.3 Å². The molecule has 6 nitrogen and oxygen atoms in total. The molecule has 0 aliphatic carbocycles. The summed E-state index contributed by atoms with van der Waals surface area (Å²) in [6, 6.07) is 12.6. The molecule has 1 atom stereocenters. The largest absolute Gasteiger partial charge is 0.496 e. The number of nitrogens with one attached hydrogen (secondary N) is 1. The Morgan fingerprint density at radius 2 is 1.75 bits per heavy atom. The molecule has 0 aromatic heterocycles. The molecule has 1 heterocycles. The summed E-state index contributed by atoms with van der Waals surface area (Å²) in [4.78, 5) is 2.42. The summed E-state index contributed by atoms with van der Waals surface area (Å²) in [7, 11) is -0.652. The van der Waals surface area contributed by atoms with Gasteiger partial charge in [0.2, 0.25) is 10.0 Å². The molecule has 1 unspecified atom stereocenters. The van der Waals surface area contributed by atoms with Crippen molar-refractivity contribution in [3.63, 3.8) is 0 Å². The Balaban J connectivity index is 1.89. The minimum Gasteiger partial charge on any atom is -0.496 e. The van der Waals surface area contributed by atoms with E-state index in [2.05, 4.69) is 25.6 Å². The van der Waals surface area contributed by atoms with Gasteiger partial charge < -0.3 is 9.47 Å². The van der Waals surface area contributed by atoms with E-state index in [4.69, 9.17) is 9.47 Å². The van der Waals surface area contributed by atoms with Gasteiger partial charge in [0.15, 0.2) is 0 Å². The third-order valence-corrected chi connectivity index (χ3v) is 6.90. The number of hydrogen-bond donors (Lipinski definition) is 1. The minimum atomic E-state index is -3.75. The zero-order valence-electron chi connectivity index (χ0n) is 16.0. The SMILES string of the molecule is COc1ccccc1C(CNS(=O)(=O)c1cc(Br)ccc1OC)N1CCCC1. The number of halogens is 1. The van der Waals surface area contributed by atoms with Gasteiger partial charge in [-0.15, -0.1) is 0 Å². The molecule has 1 saturated heterocycles. The maximum Gasteiger partial charge on any atom is 0.244 e. The molecule has 0 amide bonds. The Bertz CT molecular complexity index is 914. The van der Waals surface area contributed by atoms with Crippen molar-refractivity contribution in [3.05, 3.63) is 52.5 Å². The fraction of sp³-hybridized carbons (Fsp3) is 0.400. The van der Waals surface area contributed by atoms with Crippen LogP contribution in [-0.2, 0) is 10.0 Å². The molecule has 2 aromatic carbocycles. The average molecular weight is 469 g/mol. The highest BCUT2D eigenvalue weighted by atomic mass is 79.9. The van der Waals surface area contributed by atoms with Gasteiger partial charge in [0.1, 0.15) is 16.4 Å². The summed E-state index contributed by atoms with van der Waals surface area (Å²) in [5.74, 6) is 1.07. The van der Waals surface area contributed by atoms with Crippen LogP contribution < -0.4 is 14.2 Å². The number of benzene rings is 2. The van der Waals surface area contributed by atoms with E-state index in [-0.39, 0.29) is 17.5 Å². The first-order chi connectivity index (χ1) is 13.5. The van der Waals surface area contributed by atoms with Crippen LogP contribution in [0.5, 0.6) is 11.5 Å². The van der Waals surface area contributed by atoms with Crippen LogP contribution in [0.15, 0.2) is 51.8 Å². The van der Waals surface area contributed by atoms with Crippen molar-refractivity contribution in [2.75, 3.05) is 33.9 Å². The van der Waals surface area contributed by atoms with E-state index in [0.29, 0.717) is 10.2 Å². The quantitative estimate of drug-likeness (QED) is 0.640. The van der Waals surface area contributed by atoms with Crippen molar-refractivity contribution in [1.29, 1.82) is 0 Å². The number of ether oxygens (including phenoxy) is 2. The standard InChI is InChI=1S/C20H25BrN2O4S/c1-26-18-8-4-3-7-16(18)17(23-11-5-6-12-23)14-22-28(24,25)20-13-15(21)9-10-19(20)27-2/h3-4,7-10,13,17,22H,5-6,11-12,14H2,1-2H3. The van der Waals surface area contributed by atoms with Crippen molar-refractivity contribution in [2.24, 2.45) is 0 Å². The number of para-hydroxylation sites is 1. The normalized spacial score (nSPS) is 16.1. The minimum absolute atomic E-state index is 0.105. The fourth-order valence-electron chi connectivity index (χ4n) is 3.56. The molecule has 0 radical (unpaired) electrons. The van der Waals surface area contributed by atoms with E-state index in [0.717, 1.165) is 37.2 Å². The number of hydrogen-bond acceptors (Lipinski definition) is 5. The zero-order valence-corrected chi connectivity index (χ0v) is 18.4. The average Bonchev–Trinajstić information content (AvgIpc) is 3.23. The highest BCUT2D eigenvalue weighted by Crippen LogP contribution is 2.32. The zero-order chi connectivity index (χ0) is 20.1. The van der Waals surface area contributed by atoms with Gasteiger partial charge in [-0.25, -0.2) is 13.1 Å². The van der Waals surface area contributed by atoms with E-state index in [9.17, 15) is 8.42 Å². The molecule has 28 heavy (non-hydrogen) atoms. The van der Waals surface area contributed by atoms with Crippen LogP contribution in [0.2, 0.25) is 0 Å². The summed E-state index contributed by atoms with van der Waals surface area (Å²) in [6.45, 7) is 2.12. The Hall–Kier alpha value is -1.61. The van der Waals surface area contributed by atoms with Crippen LogP contribution in [0.4, 0.5) is 0 Å². The van der Waals surface area contributed by atoms with Crippen LogP contribution >= 0.6 is 15.9 Å². The lowest BCUT2D eigenvalue weighted by Crippen LogP contribution is -2.37. The third kappa shape index (κ3) is 4.68. The number of methoxy groups -OCH3 is 2. The third-order valence-electron chi connectivity index (χ3n) is 4.96. The lowest BCUT2D eigenvalue weighted by atomic mass is 10.0. The van der Waals surface area contributed by atoms with Crippen LogP contribution in [0, 0.1) is 0 Å². The molecular weight excluding hydrogens is 444 g/mol. The van der Waals surface area contributed by atoms with Gasteiger partial charge >= 0.3 is 0 Å². The van der Waals surface area contributed by atoms with Gasteiger partial charge in [-0.1, -0.05) is 34.1 Å². The van der Waals surface area contributed by atoms with Gasteiger partial charge in [0.05, 0.1) is 20.3 Å². The second kappa shape index (κ2) is 9.26. The van der Waals surface area contributed by atoms with Crippen molar-refractivity contribution < 1.29 is 17.9 Å². The molecule has 1 aliphatic heterocycles. The monoisotopic (exact) mass is 468 g/mol. The molecule has 2 aromatic rings. The maximum atomic E-state index is 13.0. The molecule has 152 valence electrons. The van der Waals surface area contributed by atoms with E-state index < -0.39 is 10.0 Å². The molecule has 0 saturated carbocycles. The molecule has 1 N–H and O–H groups in total. The summed E-state index contributed by atoms with van der Waals surface area (Å²) in [5.41, 5.74) is 0.982. The Kier molecular flexibility index (Phi) is 6.98. The van der Waals surface area contributed by atoms with Crippen molar-refractivity contribution in [1.82, 2.24) is 9.62 Å². The fourth-order valence-corrected chi connectivity index (χ4v) is 5.30. The number of rotatable bonds is 8. The predicted octanol–water partition coefficient (Wildman–Crippen LogP) is 3.58. The van der Waals surface area contributed by atoms with Gasteiger partial charge in [-0.3, -0.25) is 4.90 Å². The van der Waals surface area contributed by atoms with E-state index in [1.54, 1.807) is 25.3 Å². The topological polar surface area (TPSA) is 67.9 Å². The van der Waals surface area contributed by atoms with Crippen LogP contribution in [-0.4, -0.2) is 47.2 Å². The Morgan fingerprint density at radius 3 is 2.43 bits per heavy atom. The second-order valence-corrected chi connectivity index (χ2v) is 9.30. The molecular formula is C20H25BrN2O4S. The van der Waals surface area contributed by atoms with Crippen molar-refractivity contribution in [2.45, 2.75) is 23.8 Å². The first-order valence-corrected chi connectivity index (χ1v) is 11.4. The lowest BCUT2D eigenvalue weighted by molar-refractivity contribution is 0.240. The van der Waals surface area contributed by atoms with Gasteiger partial charge in [0, 0.05) is 16.6 Å². The first-order valence-electron chi connectivity index (χ1n) is 9.16. The smallest absolute Gasteiger partial charge is 0.244 e. The summed E-state index contributed by atoms with van der Waals surface area (Å²) in [5, 5.41) is 0. The van der Waals surface area contributed by atoms with Crippen LogP contribution in [0.1, 0.15) is 24.4 Å². The predicted molar refractivity (Wildman–Crippen MR) is 112 cm³/mol. The molecule has 0 spiro atoms. The molecule has 0 bridgehead atoms. The summed E-state index contributed by atoms with van der Waals surface area (Å²) < 4.78 is 40.2. The number of nitrogens with zero attached hydrogens (tertiary/aromatic N) is 1. The summed E-state index contributed by atoms with van der Waals surface area (Å²) in [6.07, 6.45) is 2.22. The highest BCUT2D eigenvalue weighted by molar-refractivity contribution is 9.10. The van der Waals surface area contributed by atoms with Crippen LogP contribution in [0.25, 0.3) is 0 Å². The van der Waals surface area contributed by atoms with E-state index >= 15 is 0 Å². The number of likely N-dealkylation sites (tertiary alicyclic amines) is 1. The highest BCUT2D eigenvalue weighted by Gasteiger charge is 2.28. The second-order valence-electron chi connectivity index (χ2n) is 6.65. The Morgan fingerprint density at radius 1 is 1.07 bits per heavy atom. The maximum absolute atomic E-state index is 13.0. The van der Waals surface area contributed by atoms with Gasteiger partial charge in [0.25, 0.3) is 0 Å². The molecule has 1 aliphatic rings. The molecule has 8 heteroatoms. The summed E-state index contributed by atoms with van der Waals surface area (Å²) >= 11 is 3.33. The van der Waals surface area contributed by atoms with E-state index in [1.165, 1.54) is 7.11 Å². The number of sulfonamides is 1. The Labute approximate surface area is 175 Å². The first kappa shape index (κ1) is 21.1.